The Labute approximate surface area is 227 Å². The number of carbonyl (C=O) groups excluding carboxylic acids is 2. The third-order valence-electron chi connectivity index (χ3n) is 6.29. The molecule has 0 amide bonds. The Balaban J connectivity index is 1.84. The van der Waals surface area contributed by atoms with Crippen LogP contribution < -0.4 is 10.1 Å². The molecule has 0 saturated heterocycles. The normalized spacial score (nSPS) is 12.2. The number of alkyl halides is 3. The molecule has 0 aliphatic heterocycles. The van der Waals surface area contributed by atoms with E-state index in [1.54, 1.807) is 61.0 Å². The fourth-order valence-electron chi connectivity index (χ4n) is 4.48. The van der Waals surface area contributed by atoms with E-state index < -0.39 is 18.2 Å². The van der Waals surface area contributed by atoms with E-state index >= 15 is 0 Å². The Morgan fingerprint density at radius 2 is 1.85 bits per heavy atom. The van der Waals surface area contributed by atoms with Gasteiger partial charge in [-0.1, -0.05) is 36.4 Å². The predicted molar refractivity (Wildman–Crippen MR) is 142 cm³/mol. The zero-order valence-electron chi connectivity index (χ0n) is 21.0. The number of likely N-dealkylation sites (N-methyl/N-ethyl adjacent to an activating group) is 1. The van der Waals surface area contributed by atoms with Crippen LogP contribution in [0, 0.1) is 6.92 Å². The lowest BCUT2D eigenvalue weighted by Gasteiger charge is -2.19. The van der Waals surface area contributed by atoms with Crippen molar-refractivity contribution >= 4 is 34.8 Å². The highest BCUT2D eigenvalue weighted by Gasteiger charge is 2.32. The van der Waals surface area contributed by atoms with E-state index in [1.165, 1.54) is 18.2 Å². The number of hydrogen-bond donors (Lipinski definition) is 1. The van der Waals surface area contributed by atoms with Crippen LogP contribution in [0.15, 0.2) is 79.0 Å². The predicted octanol–water partition coefficient (Wildman–Crippen LogP) is 6.73. The molecular formula is C29H24ClF3N2O4. The average molecular weight is 557 g/mol. The number of ketones is 1. The molecule has 6 nitrogen and oxygen atoms in total. The summed E-state index contributed by atoms with van der Waals surface area (Å²) < 4.78 is 50.1. The van der Waals surface area contributed by atoms with E-state index in [9.17, 15) is 22.8 Å². The molecule has 0 saturated carbocycles. The molecule has 4 aromatic rings. The molecule has 0 radical (unpaired) electrons. The van der Waals surface area contributed by atoms with Gasteiger partial charge < -0.3 is 19.4 Å². The van der Waals surface area contributed by atoms with E-state index in [4.69, 9.17) is 16.3 Å². The van der Waals surface area contributed by atoms with Gasteiger partial charge in [0.2, 0.25) is 0 Å². The highest BCUT2D eigenvalue weighted by atomic mass is 35.5. The van der Waals surface area contributed by atoms with Crippen LogP contribution in [0.3, 0.4) is 0 Å². The molecule has 10 heteroatoms. The Bertz CT molecular complexity index is 1540. The first-order valence-corrected chi connectivity index (χ1v) is 12.1. The topological polar surface area (TPSA) is 69.6 Å². The molecule has 0 bridgehead atoms. The summed E-state index contributed by atoms with van der Waals surface area (Å²) in [5, 5.41) is 3.82. The van der Waals surface area contributed by atoms with E-state index in [-0.39, 0.29) is 12.3 Å². The molecule has 3 aromatic carbocycles. The van der Waals surface area contributed by atoms with Crippen LogP contribution in [0.5, 0.6) is 5.75 Å². The van der Waals surface area contributed by atoms with E-state index in [1.807, 2.05) is 6.07 Å². The first-order valence-electron chi connectivity index (χ1n) is 11.8. The number of ether oxygens (including phenoxy) is 2. The van der Waals surface area contributed by atoms with Crippen LogP contribution in [-0.2, 0) is 16.1 Å². The summed E-state index contributed by atoms with van der Waals surface area (Å²) in [6.45, 7) is 6.16. The second-order valence-corrected chi connectivity index (χ2v) is 9.18. The van der Waals surface area contributed by atoms with Crippen LogP contribution in [-0.4, -0.2) is 30.2 Å². The van der Waals surface area contributed by atoms with Gasteiger partial charge in [-0.25, -0.2) is 0 Å². The second kappa shape index (κ2) is 11.2. The van der Waals surface area contributed by atoms with Crippen molar-refractivity contribution in [2.24, 2.45) is 0 Å². The summed E-state index contributed by atoms with van der Waals surface area (Å²) >= 11 is 5.98. The first-order chi connectivity index (χ1) is 18.5. The zero-order chi connectivity index (χ0) is 28.3. The SMILES string of the molecule is C=C(NC)C(OC=O)c1cccc(Cn2c(C)c(C(=O)c3ccc(Cl)cc3)c3ccc(OC(F)(F)F)cc32)c1. The molecule has 202 valence electrons. The monoisotopic (exact) mass is 556 g/mol. The number of benzene rings is 3. The van der Waals surface area contributed by atoms with E-state index in [2.05, 4.69) is 16.6 Å². The zero-order valence-corrected chi connectivity index (χ0v) is 21.8. The summed E-state index contributed by atoms with van der Waals surface area (Å²) in [6.07, 6.45) is -5.62. The van der Waals surface area contributed by atoms with Crippen molar-refractivity contribution in [3.05, 3.63) is 112 Å². The van der Waals surface area contributed by atoms with E-state index in [0.717, 1.165) is 5.56 Å². The third-order valence-corrected chi connectivity index (χ3v) is 6.54. The van der Waals surface area contributed by atoms with Crippen LogP contribution in [0.1, 0.15) is 38.8 Å². The summed E-state index contributed by atoms with van der Waals surface area (Å²) in [7, 11) is 1.66. The maximum Gasteiger partial charge on any atom is 0.573 e. The lowest BCUT2D eigenvalue weighted by atomic mass is 10.0. The number of carbonyl (C=O) groups is 2. The van der Waals surface area contributed by atoms with Gasteiger partial charge in [0.05, 0.1) is 11.1 Å². The van der Waals surface area contributed by atoms with Crippen LogP contribution >= 0.6 is 11.6 Å². The summed E-state index contributed by atoms with van der Waals surface area (Å²) in [6, 6.07) is 17.5. The summed E-state index contributed by atoms with van der Waals surface area (Å²) in [5.74, 6) is -0.700. The molecule has 1 N–H and O–H groups in total. The van der Waals surface area contributed by atoms with Gasteiger partial charge in [0.25, 0.3) is 6.47 Å². The second-order valence-electron chi connectivity index (χ2n) is 8.74. The van der Waals surface area contributed by atoms with Gasteiger partial charge >= 0.3 is 6.36 Å². The Hall–Kier alpha value is -4.24. The highest BCUT2D eigenvalue weighted by molar-refractivity contribution is 6.30. The molecule has 39 heavy (non-hydrogen) atoms. The lowest BCUT2D eigenvalue weighted by Crippen LogP contribution is -2.17. The Morgan fingerprint density at radius 3 is 2.49 bits per heavy atom. The van der Waals surface area contributed by atoms with Crippen molar-refractivity contribution in [3.63, 3.8) is 0 Å². The van der Waals surface area contributed by atoms with Gasteiger partial charge in [-0.05, 0) is 60.5 Å². The van der Waals surface area contributed by atoms with Crippen LogP contribution in [0.4, 0.5) is 13.2 Å². The molecule has 0 aliphatic rings. The summed E-state index contributed by atoms with van der Waals surface area (Å²) in [5.41, 5.74) is 3.55. The Morgan fingerprint density at radius 1 is 1.13 bits per heavy atom. The molecule has 0 fully saturated rings. The van der Waals surface area contributed by atoms with Crippen LogP contribution in [0.2, 0.25) is 5.02 Å². The number of rotatable bonds is 10. The van der Waals surface area contributed by atoms with Crippen molar-refractivity contribution in [2.45, 2.75) is 25.9 Å². The molecule has 1 atom stereocenters. The Kier molecular flexibility index (Phi) is 8.01. The standard InChI is InChI=1S/C29H24ClF3N2O4/c1-17(34-3)28(38-16-36)21-6-4-5-19(13-21)15-35-18(2)26(27(37)20-7-9-22(30)10-8-20)24-12-11-23(14-25(24)35)39-29(31,32)33/h4-14,16,28,34H,1,15H2,2-3H3. The first kappa shape index (κ1) is 27.8. The van der Waals surface area contributed by atoms with Gasteiger partial charge in [-0.15, -0.1) is 13.2 Å². The number of hydrogen-bond acceptors (Lipinski definition) is 5. The molecule has 1 heterocycles. The average Bonchev–Trinajstić information content (AvgIpc) is 3.16. The van der Waals surface area contributed by atoms with Gasteiger partial charge in [0.15, 0.2) is 11.9 Å². The fourth-order valence-corrected chi connectivity index (χ4v) is 4.60. The maximum absolute atomic E-state index is 13.6. The van der Waals surface area contributed by atoms with Crippen molar-refractivity contribution < 1.29 is 32.2 Å². The minimum atomic E-state index is -4.88. The van der Waals surface area contributed by atoms with Gasteiger partial charge in [-0.3, -0.25) is 9.59 Å². The van der Waals surface area contributed by atoms with Crippen molar-refractivity contribution in [1.29, 1.82) is 0 Å². The fraction of sp³-hybridized carbons (Fsp3) is 0.172. The number of halogens is 4. The van der Waals surface area contributed by atoms with E-state index in [0.29, 0.717) is 50.5 Å². The van der Waals surface area contributed by atoms with Gasteiger partial charge in [-0.2, -0.15) is 0 Å². The maximum atomic E-state index is 13.6. The lowest BCUT2D eigenvalue weighted by molar-refractivity contribution is -0.274. The molecular weight excluding hydrogens is 533 g/mol. The largest absolute Gasteiger partial charge is 0.573 e. The quantitative estimate of drug-likeness (QED) is 0.173. The minimum absolute atomic E-state index is 0.208. The van der Waals surface area contributed by atoms with Crippen molar-refractivity contribution in [1.82, 2.24) is 9.88 Å². The number of nitrogens with zero attached hydrogens (tertiary/aromatic N) is 1. The smallest absolute Gasteiger partial charge is 0.453 e. The highest BCUT2D eigenvalue weighted by Crippen LogP contribution is 2.34. The number of nitrogens with one attached hydrogen (secondary N) is 1. The molecule has 0 spiro atoms. The number of fused-ring (bicyclic) bond motifs is 1. The van der Waals surface area contributed by atoms with Crippen molar-refractivity contribution in [3.8, 4) is 5.75 Å². The molecule has 1 unspecified atom stereocenters. The molecule has 4 rings (SSSR count). The minimum Gasteiger partial charge on any atom is -0.453 e. The van der Waals surface area contributed by atoms with Crippen LogP contribution in [0.25, 0.3) is 10.9 Å². The molecule has 1 aromatic heterocycles. The number of aromatic nitrogens is 1. The van der Waals surface area contributed by atoms with Gasteiger partial charge in [0, 0.05) is 47.0 Å². The summed E-state index contributed by atoms with van der Waals surface area (Å²) in [4.78, 5) is 24.6. The third kappa shape index (κ3) is 6.09. The molecule has 0 aliphatic carbocycles. The van der Waals surface area contributed by atoms with Gasteiger partial charge in [0.1, 0.15) is 5.75 Å². The van der Waals surface area contributed by atoms with Crippen molar-refractivity contribution in [2.75, 3.05) is 7.05 Å².